The Balaban J connectivity index is 0.00000289. The molecule has 2 aromatic heterocycles. The molecule has 8 nitrogen and oxygen atoms in total. The topological polar surface area (TPSA) is 91.9 Å². The van der Waals surface area contributed by atoms with Gasteiger partial charge in [-0.1, -0.05) is 13.0 Å². The molecule has 0 spiro atoms. The lowest BCUT2D eigenvalue weighted by Gasteiger charge is -2.33. The van der Waals surface area contributed by atoms with E-state index in [4.69, 9.17) is 9.47 Å². The quantitative estimate of drug-likeness (QED) is 0.516. The monoisotopic (exact) mass is 537 g/mol. The molecule has 4 heterocycles. The van der Waals surface area contributed by atoms with Gasteiger partial charge in [0.1, 0.15) is 4.21 Å². The van der Waals surface area contributed by atoms with E-state index in [1.165, 1.54) is 11.3 Å². The van der Waals surface area contributed by atoms with Crippen LogP contribution in [0, 0.1) is 6.92 Å². The molecule has 188 valence electrons. The highest BCUT2D eigenvalue weighted by Gasteiger charge is 2.30. The number of fused-ring (bicyclic) bond motifs is 1. The maximum atomic E-state index is 13.3. The molecule has 0 amide bonds. The second-order valence-corrected chi connectivity index (χ2v) is 11.8. The number of H-pyrrole nitrogens is 1. The number of sulfonamides is 1. The normalized spacial score (nSPS) is 16.3. The Hall–Kier alpha value is -2.37. The fraction of sp³-hybridized carbons (Fsp3) is 0.375. The van der Waals surface area contributed by atoms with Gasteiger partial charge in [0.2, 0.25) is 6.79 Å². The van der Waals surface area contributed by atoms with Crippen LogP contribution in [0.2, 0.25) is 0 Å². The first kappa shape index (κ1) is 25.7. The molecule has 1 aromatic carbocycles. The first-order chi connectivity index (χ1) is 16.3. The van der Waals surface area contributed by atoms with Gasteiger partial charge in [-0.25, -0.2) is 8.42 Å². The van der Waals surface area contributed by atoms with Gasteiger partial charge in [-0.15, -0.1) is 23.7 Å². The molecule has 0 saturated carbocycles. The number of rotatable bonds is 6. The highest BCUT2D eigenvalue weighted by molar-refractivity contribution is 7.91. The van der Waals surface area contributed by atoms with Gasteiger partial charge in [-0.05, 0) is 49.2 Å². The number of aromatic nitrogens is 1. The lowest BCUT2D eigenvalue weighted by Crippen LogP contribution is -2.48. The Morgan fingerprint density at radius 2 is 1.77 bits per heavy atom. The fourth-order valence-corrected chi connectivity index (χ4v) is 7.30. The van der Waals surface area contributed by atoms with Crippen LogP contribution in [-0.4, -0.2) is 55.6 Å². The lowest BCUT2D eigenvalue weighted by molar-refractivity contribution is 0.173. The van der Waals surface area contributed by atoms with Crippen molar-refractivity contribution in [3.8, 4) is 21.9 Å². The van der Waals surface area contributed by atoms with E-state index in [0.717, 1.165) is 39.7 Å². The smallest absolute Gasteiger partial charge is 0.252 e. The van der Waals surface area contributed by atoms with Crippen molar-refractivity contribution in [2.75, 3.05) is 33.0 Å². The summed E-state index contributed by atoms with van der Waals surface area (Å²) >= 11 is 1.25. The molecular formula is C24H28ClN3O5S2. The summed E-state index contributed by atoms with van der Waals surface area (Å²) in [5.74, 6) is 1.52. The number of aryl methyl sites for hydroxylation is 2. The van der Waals surface area contributed by atoms with Crippen LogP contribution >= 0.6 is 23.7 Å². The standard InChI is InChI=1S/C24H27N3O5S2.ClH/c1-3-18-13-19(16(2)25-24(18)28)22-6-7-23(33-22)34(29,30)27-10-8-26(9-11-27)14-17-4-5-20-21(12-17)32-15-31-20;/h4-7,12-13H,3,8-11,14-15H2,1-2H3,(H,25,28);1H. The summed E-state index contributed by atoms with van der Waals surface area (Å²) in [6.07, 6.45) is 0.621. The Morgan fingerprint density at radius 3 is 2.51 bits per heavy atom. The second-order valence-electron chi connectivity index (χ2n) is 8.50. The van der Waals surface area contributed by atoms with E-state index < -0.39 is 10.0 Å². The third kappa shape index (κ3) is 5.12. The predicted molar refractivity (Wildman–Crippen MR) is 138 cm³/mol. The van der Waals surface area contributed by atoms with E-state index in [9.17, 15) is 13.2 Å². The number of ether oxygens (including phenoxy) is 2. The van der Waals surface area contributed by atoms with Gasteiger partial charge in [-0.2, -0.15) is 4.31 Å². The number of pyridine rings is 1. The summed E-state index contributed by atoms with van der Waals surface area (Å²) in [6, 6.07) is 11.3. The molecule has 11 heteroatoms. The molecule has 1 N–H and O–H groups in total. The minimum Gasteiger partial charge on any atom is -0.454 e. The Bertz CT molecular complexity index is 1380. The molecule has 1 fully saturated rings. The Morgan fingerprint density at radius 1 is 1.03 bits per heavy atom. The van der Waals surface area contributed by atoms with Gasteiger partial charge in [-0.3, -0.25) is 9.69 Å². The summed E-state index contributed by atoms with van der Waals surface area (Å²) in [5, 5.41) is 0. The van der Waals surface area contributed by atoms with Gasteiger partial charge in [0, 0.05) is 54.4 Å². The third-order valence-electron chi connectivity index (χ3n) is 6.31. The van der Waals surface area contributed by atoms with Gasteiger partial charge in [0.05, 0.1) is 0 Å². The zero-order valence-electron chi connectivity index (χ0n) is 19.6. The summed E-state index contributed by atoms with van der Waals surface area (Å²) in [7, 11) is -3.57. The lowest BCUT2D eigenvalue weighted by atomic mass is 10.1. The molecule has 0 radical (unpaired) electrons. The van der Waals surface area contributed by atoms with E-state index in [1.807, 2.05) is 44.2 Å². The number of piperazine rings is 1. The van der Waals surface area contributed by atoms with Gasteiger partial charge >= 0.3 is 0 Å². The van der Waals surface area contributed by atoms with Gasteiger partial charge in [0.15, 0.2) is 11.5 Å². The van der Waals surface area contributed by atoms with E-state index in [2.05, 4.69) is 9.88 Å². The summed E-state index contributed by atoms with van der Waals surface area (Å²) < 4.78 is 39.3. The fourth-order valence-electron chi connectivity index (χ4n) is 4.34. The van der Waals surface area contributed by atoms with Crippen molar-refractivity contribution in [1.82, 2.24) is 14.2 Å². The molecule has 5 rings (SSSR count). The maximum Gasteiger partial charge on any atom is 0.252 e. The number of benzene rings is 1. The molecule has 2 aliphatic heterocycles. The van der Waals surface area contributed by atoms with Crippen molar-refractivity contribution in [2.24, 2.45) is 0 Å². The number of thiophene rings is 1. The average Bonchev–Trinajstić information content (AvgIpc) is 3.49. The molecular weight excluding hydrogens is 510 g/mol. The zero-order chi connectivity index (χ0) is 23.9. The Labute approximate surface area is 215 Å². The van der Waals surface area contributed by atoms with E-state index in [0.29, 0.717) is 42.4 Å². The van der Waals surface area contributed by atoms with Crippen LogP contribution in [0.25, 0.3) is 10.4 Å². The van der Waals surface area contributed by atoms with Crippen molar-refractivity contribution in [3.05, 3.63) is 63.6 Å². The minimum absolute atomic E-state index is 0. The van der Waals surface area contributed by atoms with Crippen LogP contribution < -0.4 is 15.0 Å². The van der Waals surface area contributed by atoms with Gasteiger partial charge < -0.3 is 14.5 Å². The molecule has 3 aromatic rings. The van der Waals surface area contributed by atoms with Crippen molar-refractivity contribution in [3.63, 3.8) is 0 Å². The molecule has 35 heavy (non-hydrogen) atoms. The number of hydrogen-bond acceptors (Lipinski definition) is 7. The molecule has 1 saturated heterocycles. The van der Waals surface area contributed by atoms with Crippen LogP contribution in [0.15, 0.2) is 45.4 Å². The highest BCUT2D eigenvalue weighted by atomic mass is 35.5. The SMILES string of the molecule is CCc1cc(-c2ccc(S(=O)(=O)N3CCN(Cc4ccc5c(c4)OCO5)CC3)s2)c(C)[nH]c1=O.Cl. The first-order valence-electron chi connectivity index (χ1n) is 11.3. The van der Waals surface area contributed by atoms with Crippen molar-refractivity contribution in [1.29, 1.82) is 0 Å². The van der Waals surface area contributed by atoms with E-state index >= 15 is 0 Å². The highest BCUT2D eigenvalue weighted by Crippen LogP contribution is 2.35. The van der Waals surface area contributed by atoms with Crippen LogP contribution in [0.4, 0.5) is 0 Å². The van der Waals surface area contributed by atoms with Gasteiger partial charge in [0.25, 0.3) is 15.6 Å². The molecule has 0 unspecified atom stereocenters. The van der Waals surface area contributed by atoms with Crippen molar-refractivity contribution < 1.29 is 17.9 Å². The number of halogens is 1. The van der Waals surface area contributed by atoms with Crippen LogP contribution in [-0.2, 0) is 23.0 Å². The number of hydrogen-bond donors (Lipinski definition) is 1. The number of nitrogens with zero attached hydrogens (tertiary/aromatic N) is 2. The number of aromatic amines is 1. The molecule has 0 bridgehead atoms. The predicted octanol–water partition coefficient (Wildman–Crippen LogP) is 3.63. The van der Waals surface area contributed by atoms with Crippen molar-refractivity contribution >= 4 is 33.8 Å². The summed E-state index contributed by atoms with van der Waals surface area (Å²) in [4.78, 5) is 18.0. The van der Waals surface area contributed by atoms with E-state index in [-0.39, 0.29) is 24.8 Å². The van der Waals surface area contributed by atoms with Crippen LogP contribution in [0.5, 0.6) is 11.5 Å². The molecule has 2 aliphatic rings. The third-order valence-corrected chi connectivity index (χ3v) is 9.80. The average molecular weight is 538 g/mol. The maximum absolute atomic E-state index is 13.3. The number of nitrogens with one attached hydrogen (secondary N) is 1. The van der Waals surface area contributed by atoms with Crippen LogP contribution in [0.3, 0.4) is 0 Å². The summed E-state index contributed by atoms with van der Waals surface area (Å²) in [6.45, 7) is 6.95. The van der Waals surface area contributed by atoms with Crippen LogP contribution in [0.1, 0.15) is 23.7 Å². The van der Waals surface area contributed by atoms with Crippen molar-refractivity contribution in [2.45, 2.75) is 31.0 Å². The Kier molecular flexibility index (Phi) is 7.58. The minimum atomic E-state index is -3.57. The second kappa shape index (κ2) is 10.3. The molecule has 0 atom stereocenters. The largest absolute Gasteiger partial charge is 0.454 e. The summed E-state index contributed by atoms with van der Waals surface area (Å²) in [5.41, 5.74) is 3.33. The first-order valence-corrected chi connectivity index (χ1v) is 13.5. The zero-order valence-corrected chi connectivity index (χ0v) is 22.0. The van der Waals surface area contributed by atoms with E-state index in [1.54, 1.807) is 10.4 Å². The molecule has 0 aliphatic carbocycles.